The Morgan fingerprint density at radius 2 is 1.93 bits per heavy atom. The summed E-state index contributed by atoms with van der Waals surface area (Å²) in [5.41, 5.74) is 3.69. The Kier molecular flexibility index (Phi) is 5.98. The fraction of sp³-hybridized carbons (Fsp3) is 0.190. The standard InChI is InChI=1S/C21H20N2O3S/c1-3-14-7-9-15(10-8-14)17-13-27-20(18(17)21(25)26-4-2)23-19(24)16-6-5-11-22-12-16/h5-13H,3-4H2,1-2H3,(H,23,24). The number of anilines is 1. The molecule has 5 nitrogen and oxygen atoms in total. The van der Waals surface area contributed by atoms with Gasteiger partial charge in [0.1, 0.15) is 10.6 Å². The molecule has 0 fully saturated rings. The number of aromatic nitrogens is 1. The van der Waals surface area contributed by atoms with Crippen molar-refractivity contribution in [3.05, 3.63) is 70.9 Å². The molecular weight excluding hydrogens is 360 g/mol. The number of nitrogens with zero attached hydrogens (tertiary/aromatic N) is 1. The zero-order chi connectivity index (χ0) is 19.2. The van der Waals surface area contributed by atoms with Crippen LogP contribution in [-0.2, 0) is 11.2 Å². The third-order valence-electron chi connectivity index (χ3n) is 4.09. The Bertz CT molecular complexity index is 934. The number of thiophene rings is 1. The maximum Gasteiger partial charge on any atom is 0.341 e. The van der Waals surface area contributed by atoms with Gasteiger partial charge >= 0.3 is 5.97 Å². The number of rotatable bonds is 6. The van der Waals surface area contributed by atoms with E-state index in [0.717, 1.165) is 17.5 Å². The Balaban J connectivity index is 1.97. The van der Waals surface area contributed by atoms with Gasteiger partial charge in [0.25, 0.3) is 5.91 Å². The second-order valence-electron chi connectivity index (χ2n) is 5.82. The quantitative estimate of drug-likeness (QED) is 0.624. The van der Waals surface area contributed by atoms with E-state index in [2.05, 4.69) is 17.2 Å². The summed E-state index contributed by atoms with van der Waals surface area (Å²) < 4.78 is 5.23. The van der Waals surface area contributed by atoms with Crippen LogP contribution in [0.3, 0.4) is 0 Å². The molecule has 1 aromatic carbocycles. The molecule has 0 radical (unpaired) electrons. The van der Waals surface area contributed by atoms with Gasteiger partial charge in [-0.25, -0.2) is 4.79 Å². The summed E-state index contributed by atoms with van der Waals surface area (Å²) >= 11 is 1.30. The molecule has 1 N–H and O–H groups in total. The van der Waals surface area contributed by atoms with Gasteiger partial charge in [0.2, 0.25) is 0 Å². The van der Waals surface area contributed by atoms with Gasteiger partial charge < -0.3 is 10.1 Å². The third kappa shape index (κ3) is 4.23. The van der Waals surface area contributed by atoms with Crippen LogP contribution >= 0.6 is 11.3 Å². The molecule has 0 aliphatic heterocycles. The molecule has 2 heterocycles. The lowest BCUT2D eigenvalue weighted by molar-refractivity contribution is 0.0529. The SMILES string of the molecule is CCOC(=O)c1c(-c2ccc(CC)cc2)csc1NC(=O)c1cccnc1. The summed E-state index contributed by atoms with van der Waals surface area (Å²) in [6.07, 6.45) is 4.03. The molecule has 3 aromatic rings. The maximum atomic E-state index is 12.6. The monoisotopic (exact) mass is 380 g/mol. The van der Waals surface area contributed by atoms with E-state index in [1.165, 1.54) is 23.1 Å². The molecule has 1 amide bonds. The average Bonchev–Trinajstić information content (AvgIpc) is 3.12. The highest BCUT2D eigenvalue weighted by Crippen LogP contribution is 2.36. The fourth-order valence-corrected chi connectivity index (χ4v) is 3.61. The minimum atomic E-state index is -0.449. The number of benzene rings is 1. The van der Waals surface area contributed by atoms with Crippen LogP contribution in [0.2, 0.25) is 0 Å². The first-order valence-corrected chi connectivity index (χ1v) is 9.61. The zero-order valence-corrected chi connectivity index (χ0v) is 16.0. The number of carbonyl (C=O) groups excluding carboxylic acids is 2. The van der Waals surface area contributed by atoms with Gasteiger partial charge in [-0.15, -0.1) is 11.3 Å². The van der Waals surface area contributed by atoms with Crippen molar-refractivity contribution in [1.29, 1.82) is 0 Å². The minimum absolute atomic E-state index is 0.263. The summed E-state index contributed by atoms with van der Waals surface area (Å²) in [6.45, 7) is 4.11. The van der Waals surface area contributed by atoms with Crippen LogP contribution in [0, 0.1) is 0 Å². The van der Waals surface area contributed by atoms with E-state index in [1.807, 2.05) is 29.6 Å². The van der Waals surface area contributed by atoms with Crippen molar-refractivity contribution in [2.45, 2.75) is 20.3 Å². The largest absolute Gasteiger partial charge is 0.462 e. The highest BCUT2D eigenvalue weighted by molar-refractivity contribution is 7.15. The van der Waals surface area contributed by atoms with Gasteiger partial charge in [0, 0.05) is 23.3 Å². The second kappa shape index (κ2) is 8.60. The van der Waals surface area contributed by atoms with Crippen LogP contribution in [0.15, 0.2) is 54.2 Å². The van der Waals surface area contributed by atoms with Crippen molar-refractivity contribution in [3.63, 3.8) is 0 Å². The topological polar surface area (TPSA) is 68.3 Å². The van der Waals surface area contributed by atoms with Gasteiger partial charge in [-0.2, -0.15) is 0 Å². The van der Waals surface area contributed by atoms with Crippen LogP contribution in [0.25, 0.3) is 11.1 Å². The molecule has 0 bridgehead atoms. The predicted octanol–water partition coefficient (Wildman–Crippen LogP) is 4.80. The van der Waals surface area contributed by atoms with E-state index < -0.39 is 5.97 Å². The maximum absolute atomic E-state index is 12.6. The van der Waals surface area contributed by atoms with Gasteiger partial charge in [0.15, 0.2) is 0 Å². The highest BCUT2D eigenvalue weighted by Gasteiger charge is 2.23. The van der Waals surface area contributed by atoms with E-state index in [1.54, 1.807) is 25.3 Å². The average molecular weight is 380 g/mol. The van der Waals surface area contributed by atoms with Crippen LogP contribution in [0.1, 0.15) is 40.1 Å². The van der Waals surface area contributed by atoms with Crippen LogP contribution in [0.5, 0.6) is 0 Å². The van der Waals surface area contributed by atoms with Crippen molar-refractivity contribution in [2.75, 3.05) is 11.9 Å². The number of ether oxygens (including phenoxy) is 1. The number of amides is 1. The third-order valence-corrected chi connectivity index (χ3v) is 4.99. The van der Waals surface area contributed by atoms with Crippen molar-refractivity contribution >= 4 is 28.2 Å². The second-order valence-corrected chi connectivity index (χ2v) is 6.70. The van der Waals surface area contributed by atoms with Crippen molar-refractivity contribution in [2.24, 2.45) is 0 Å². The first-order chi connectivity index (χ1) is 13.1. The summed E-state index contributed by atoms with van der Waals surface area (Å²) in [7, 11) is 0. The lowest BCUT2D eigenvalue weighted by atomic mass is 10.0. The molecule has 0 spiro atoms. The van der Waals surface area contributed by atoms with Crippen molar-refractivity contribution in [1.82, 2.24) is 4.98 Å². The Morgan fingerprint density at radius 3 is 2.56 bits per heavy atom. The molecule has 6 heteroatoms. The highest BCUT2D eigenvalue weighted by atomic mass is 32.1. The molecule has 0 saturated carbocycles. The molecule has 138 valence electrons. The summed E-state index contributed by atoms with van der Waals surface area (Å²) in [4.78, 5) is 29.0. The minimum Gasteiger partial charge on any atom is -0.462 e. The molecule has 0 saturated heterocycles. The van der Waals surface area contributed by atoms with E-state index in [9.17, 15) is 9.59 Å². The first-order valence-electron chi connectivity index (χ1n) is 8.73. The van der Waals surface area contributed by atoms with Gasteiger partial charge in [-0.3, -0.25) is 9.78 Å². The number of pyridine rings is 1. The van der Waals surface area contributed by atoms with Gasteiger partial charge in [-0.05, 0) is 36.6 Å². The molecule has 27 heavy (non-hydrogen) atoms. The van der Waals surface area contributed by atoms with Gasteiger partial charge in [-0.1, -0.05) is 31.2 Å². The number of carbonyl (C=O) groups is 2. The number of nitrogens with one attached hydrogen (secondary N) is 1. The molecule has 0 aliphatic rings. The summed E-state index contributed by atoms with van der Waals surface area (Å²) in [6, 6.07) is 11.4. The molecule has 0 atom stereocenters. The molecule has 0 unspecified atom stereocenters. The van der Waals surface area contributed by atoms with Gasteiger partial charge in [0.05, 0.1) is 12.2 Å². The zero-order valence-electron chi connectivity index (χ0n) is 15.2. The van der Waals surface area contributed by atoms with Crippen LogP contribution < -0.4 is 5.32 Å². The van der Waals surface area contributed by atoms with Crippen molar-refractivity contribution < 1.29 is 14.3 Å². The molecule has 3 rings (SSSR count). The van der Waals surface area contributed by atoms with E-state index in [-0.39, 0.29) is 12.5 Å². The summed E-state index contributed by atoms with van der Waals surface area (Å²) in [5, 5.41) is 5.15. The number of hydrogen-bond donors (Lipinski definition) is 1. The van der Waals surface area contributed by atoms with Crippen LogP contribution in [0.4, 0.5) is 5.00 Å². The Labute approximate surface area is 162 Å². The first kappa shape index (κ1) is 18.8. The summed E-state index contributed by atoms with van der Waals surface area (Å²) in [5.74, 6) is -0.766. The van der Waals surface area contributed by atoms with E-state index in [0.29, 0.717) is 16.1 Å². The fourth-order valence-electron chi connectivity index (χ4n) is 2.66. The molecule has 0 aliphatic carbocycles. The predicted molar refractivity (Wildman–Crippen MR) is 107 cm³/mol. The van der Waals surface area contributed by atoms with E-state index in [4.69, 9.17) is 4.74 Å². The Morgan fingerprint density at radius 1 is 1.15 bits per heavy atom. The number of hydrogen-bond acceptors (Lipinski definition) is 5. The lowest BCUT2D eigenvalue weighted by Crippen LogP contribution is -2.15. The molecular formula is C21H20N2O3S. The van der Waals surface area contributed by atoms with E-state index >= 15 is 0 Å². The molecule has 2 aromatic heterocycles. The number of aryl methyl sites for hydroxylation is 1. The van der Waals surface area contributed by atoms with Crippen LogP contribution in [-0.4, -0.2) is 23.5 Å². The van der Waals surface area contributed by atoms with Crippen molar-refractivity contribution in [3.8, 4) is 11.1 Å². The smallest absolute Gasteiger partial charge is 0.341 e. The lowest BCUT2D eigenvalue weighted by Gasteiger charge is -2.09. The Hall–Kier alpha value is -2.99. The normalized spacial score (nSPS) is 10.4. The number of esters is 1.